The van der Waals surface area contributed by atoms with Crippen molar-refractivity contribution in [2.45, 2.75) is 45.3 Å². The summed E-state index contributed by atoms with van der Waals surface area (Å²) >= 11 is 0. The van der Waals surface area contributed by atoms with Crippen LogP contribution in [0, 0.1) is 5.92 Å². The van der Waals surface area contributed by atoms with Crippen molar-refractivity contribution in [3.63, 3.8) is 0 Å². The summed E-state index contributed by atoms with van der Waals surface area (Å²) in [6.07, 6.45) is -4.63. The first-order valence-corrected chi connectivity index (χ1v) is 7.22. The van der Waals surface area contributed by atoms with Crippen LogP contribution in [0.15, 0.2) is 24.3 Å². The van der Waals surface area contributed by atoms with Gasteiger partial charge in [0.15, 0.2) is 0 Å². The highest BCUT2D eigenvalue weighted by molar-refractivity contribution is 5.78. The second-order valence-corrected chi connectivity index (χ2v) is 5.67. The minimum Gasteiger partial charge on any atom is -0.481 e. The highest BCUT2D eigenvalue weighted by atomic mass is 19.4. The Bertz CT molecular complexity index is 572. The van der Waals surface area contributed by atoms with Gasteiger partial charge in [0.25, 0.3) is 0 Å². The molecular weight excluding hydrogens is 311 g/mol. The maximum Gasteiger partial charge on any atom is 0.416 e. The number of hydrogen-bond donors (Lipinski definition) is 2. The predicted octanol–water partition coefficient (Wildman–Crippen LogP) is 3.42. The standard InChI is InChI=1S/C16H20F3NO3/c1-9(8-14(21)20-11(3)10(2)15(22)23)12-6-4-5-7-13(12)16(17,18)19/h4-7,9-11H,8H2,1-3H3,(H,20,21)(H,22,23). The van der Waals surface area contributed by atoms with E-state index in [4.69, 9.17) is 5.11 Å². The molecule has 0 saturated heterocycles. The molecule has 1 aromatic rings. The third-order valence-corrected chi connectivity index (χ3v) is 3.82. The van der Waals surface area contributed by atoms with E-state index in [2.05, 4.69) is 5.32 Å². The van der Waals surface area contributed by atoms with Gasteiger partial charge in [-0.05, 0) is 31.4 Å². The first kappa shape index (κ1) is 19.0. The van der Waals surface area contributed by atoms with Crippen LogP contribution < -0.4 is 5.32 Å². The van der Waals surface area contributed by atoms with Crippen LogP contribution in [-0.4, -0.2) is 23.0 Å². The Kier molecular flexibility index (Phi) is 6.18. The molecule has 23 heavy (non-hydrogen) atoms. The number of aliphatic carboxylic acids is 1. The minimum atomic E-state index is -4.48. The lowest BCUT2D eigenvalue weighted by molar-refractivity contribution is -0.142. The van der Waals surface area contributed by atoms with E-state index in [0.717, 1.165) is 6.07 Å². The average molecular weight is 331 g/mol. The first-order chi connectivity index (χ1) is 10.5. The van der Waals surface area contributed by atoms with Crippen molar-refractivity contribution < 1.29 is 27.9 Å². The molecule has 128 valence electrons. The van der Waals surface area contributed by atoms with Crippen LogP contribution >= 0.6 is 0 Å². The molecule has 3 atom stereocenters. The van der Waals surface area contributed by atoms with Gasteiger partial charge in [-0.25, -0.2) is 0 Å². The largest absolute Gasteiger partial charge is 0.481 e. The molecule has 0 radical (unpaired) electrons. The highest BCUT2D eigenvalue weighted by Gasteiger charge is 2.34. The Balaban J connectivity index is 2.79. The molecule has 0 saturated carbocycles. The molecular formula is C16H20F3NO3. The molecule has 1 rings (SSSR count). The number of hydrogen-bond acceptors (Lipinski definition) is 2. The second-order valence-electron chi connectivity index (χ2n) is 5.67. The quantitative estimate of drug-likeness (QED) is 0.839. The van der Waals surface area contributed by atoms with E-state index in [1.54, 1.807) is 6.92 Å². The SMILES string of the molecule is CC(CC(=O)NC(C)C(C)C(=O)O)c1ccccc1C(F)(F)F. The Labute approximate surface area is 132 Å². The number of carbonyl (C=O) groups excluding carboxylic acids is 1. The molecule has 0 aliphatic heterocycles. The first-order valence-electron chi connectivity index (χ1n) is 7.22. The molecule has 1 aromatic carbocycles. The van der Waals surface area contributed by atoms with E-state index in [1.807, 2.05) is 0 Å². The smallest absolute Gasteiger partial charge is 0.416 e. The zero-order chi connectivity index (χ0) is 17.8. The fourth-order valence-corrected chi connectivity index (χ4v) is 2.22. The van der Waals surface area contributed by atoms with Crippen molar-refractivity contribution >= 4 is 11.9 Å². The zero-order valence-electron chi connectivity index (χ0n) is 13.1. The van der Waals surface area contributed by atoms with E-state index in [9.17, 15) is 22.8 Å². The Hall–Kier alpha value is -2.05. The number of benzene rings is 1. The van der Waals surface area contributed by atoms with E-state index in [0.29, 0.717) is 0 Å². The van der Waals surface area contributed by atoms with Crippen LogP contribution in [-0.2, 0) is 15.8 Å². The van der Waals surface area contributed by atoms with Gasteiger partial charge in [0.1, 0.15) is 0 Å². The molecule has 0 aliphatic carbocycles. The number of carboxylic acids is 1. The Morgan fingerprint density at radius 2 is 1.74 bits per heavy atom. The lowest BCUT2D eigenvalue weighted by atomic mass is 9.92. The van der Waals surface area contributed by atoms with Crippen LogP contribution in [0.3, 0.4) is 0 Å². The maximum absolute atomic E-state index is 13.0. The van der Waals surface area contributed by atoms with Gasteiger partial charge in [-0.1, -0.05) is 25.1 Å². The van der Waals surface area contributed by atoms with Gasteiger partial charge in [0.2, 0.25) is 5.91 Å². The summed E-state index contributed by atoms with van der Waals surface area (Å²) in [5, 5.41) is 11.4. The fourth-order valence-electron chi connectivity index (χ4n) is 2.22. The maximum atomic E-state index is 13.0. The van der Waals surface area contributed by atoms with Gasteiger partial charge in [-0.15, -0.1) is 0 Å². The van der Waals surface area contributed by atoms with Crippen LogP contribution in [0.1, 0.15) is 44.2 Å². The van der Waals surface area contributed by atoms with Gasteiger partial charge < -0.3 is 10.4 Å². The molecule has 2 N–H and O–H groups in total. The van der Waals surface area contributed by atoms with E-state index >= 15 is 0 Å². The van der Waals surface area contributed by atoms with Gasteiger partial charge in [-0.2, -0.15) is 13.2 Å². The number of alkyl halides is 3. The van der Waals surface area contributed by atoms with E-state index < -0.39 is 41.5 Å². The zero-order valence-corrected chi connectivity index (χ0v) is 13.1. The summed E-state index contributed by atoms with van der Waals surface area (Å²) in [4.78, 5) is 22.8. The van der Waals surface area contributed by atoms with Gasteiger partial charge in [0, 0.05) is 12.5 Å². The van der Waals surface area contributed by atoms with E-state index in [1.165, 1.54) is 32.0 Å². The molecule has 4 nitrogen and oxygen atoms in total. The topological polar surface area (TPSA) is 66.4 Å². The second kappa shape index (κ2) is 7.48. The van der Waals surface area contributed by atoms with Gasteiger partial charge >= 0.3 is 12.1 Å². The average Bonchev–Trinajstić information content (AvgIpc) is 2.45. The Morgan fingerprint density at radius 3 is 2.26 bits per heavy atom. The summed E-state index contributed by atoms with van der Waals surface area (Å²) in [5.74, 6) is -2.94. The third kappa shape index (κ3) is 5.26. The van der Waals surface area contributed by atoms with Crippen LogP contribution in [0.2, 0.25) is 0 Å². The molecule has 0 aromatic heterocycles. The van der Waals surface area contributed by atoms with Crippen LogP contribution in [0.4, 0.5) is 13.2 Å². The molecule has 0 aliphatic rings. The fraction of sp³-hybridized carbons (Fsp3) is 0.500. The summed E-state index contributed by atoms with van der Waals surface area (Å²) in [6, 6.07) is 4.53. The highest BCUT2D eigenvalue weighted by Crippen LogP contribution is 2.35. The molecule has 1 amide bonds. The minimum absolute atomic E-state index is 0.0501. The monoisotopic (exact) mass is 331 g/mol. The molecule has 3 unspecified atom stereocenters. The lowest BCUT2D eigenvalue weighted by Gasteiger charge is -2.21. The molecule has 7 heteroatoms. The summed E-state index contributed by atoms with van der Waals surface area (Å²) in [7, 11) is 0. The van der Waals surface area contributed by atoms with Crippen molar-refractivity contribution in [2.24, 2.45) is 5.92 Å². The predicted molar refractivity (Wildman–Crippen MR) is 78.9 cm³/mol. The van der Waals surface area contributed by atoms with Crippen molar-refractivity contribution in [1.29, 1.82) is 0 Å². The van der Waals surface area contributed by atoms with E-state index in [-0.39, 0.29) is 12.0 Å². The number of carbonyl (C=O) groups is 2. The summed E-state index contributed by atoms with van der Waals surface area (Å²) in [6.45, 7) is 4.54. The van der Waals surface area contributed by atoms with Gasteiger partial charge in [-0.3, -0.25) is 9.59 Å². The number of nitrogens with one attached hydrogen (secondary N) is 1. The van der Waals surface area contributed by atoms with Crippen LogP contribution in [0.25, 0.3) is 0 Å². The number of amides is 1. The third-order valence-electron chi connectivity index (χ3n) is 3.82. The normalized spacial score (nSPS) is 15.6. The number of carboxylic acid groups (broad SMARTS) is 1. The van der Waals surface area contributed by atoms with Crippen molar-refractivity contribution in [2.75, 3.05) is 0 Å². The number of rotatable bonds is 6. The number of halogens is 3. The van der Waals surface area contributed by atoms with Crippen LogP contribution in [0.5, 0.6) is 0 Å². The summed E-state index contributed by atoms with van der Waals surface area (Å²) < 4.78 is 39.0. The van der Waals surface area contributed by atoms with Crippen molar-refractivity contribution in [1.82, 2.24) is 5.32 Å². The van der Waals surface area contributed by atoms with Crippen molar-refractivity contribution in [3.05, 3.63) is 35.4 Å². The molecule has 0 fully saturated rings. The molecule has 0 heterocycles. The molecule has 0 bridgehead atoms. The molecule has 0 spiro atoms. The Morgan fingerprint density at radius 1 is 1.17 bits per heavy atom. The lowest BCUT2D eigenvalue weighted by Crippen LogP contribution is -2.40. The van der Waals surface area contributed by atoms with Crippen molar-refractivity contribution in [3.8, 4) is 0 Å². The summed E-state index contributed by atoms with van der Waals surface area (Å²) in [5.41, 5.74) is -0.707. The van der Waals surface area contributed by atoms with Gasteiger partial charge in [0.05, 0.1) is 11.5 Å².